The zero-order valence-electron chi connectivity index (χ0n) is 16.7. The highest BCUT2D eigenvalue weighted by atomic mass is 32.1. The molecule has 2 saturated heterocycles. The Hall–Kier alpha value is -1.17. The molecule has 2 aliphatic rings. The van der Waals surface area contributed by atoms with Crippen molar-refractivity contribution < 1.29 is 9.59 Å². The Morgan fingerprint density at radius 3 is 2.48 bits per heavy atom. The summed E-state index contributed by atoms with van der Waals surface area (Å²) in [6, 6.07) is 9.13. The fraction of sp³-hybridized carbons (Fsp3) is 0.636. The van der Waals surface area contributed by atoms with Crippen LogP contribution in [0, 0.1) is 5.92 Å². The maximum atomic E-state index is 12.1. The summed E-state index contributed by atoms with van der Waals surface area (Å²) < 4.78 is 0. The number of carbonyl (C=O) groups is 2. The van der Waals surface area contributed by atoms with E-state index in [1.54, 1.807) is 0 Å². The molecule has 148 valence electrons. The third-order valence-electron chi connectivity index (χ3n) is 5.97. The second-order valence-electron chi connectivity index (χ2n) is 8.43. The van der Waals surface area contributed by atoms with Gasteiger partial charge in [-0.3, -0.25) is 19.4 Å². The van der Waals surface area contributed by atoms with Crippen LogP contribution < -0.4 is 0 Å². The van der Waals surface area contributed by atoms with Crippen LogP contribution in [0.2, 0.25) is 0 Å². The molecule has 2 aliphatic heterocycles. The first kappa shape index (κ1) is 20.6. The molecule has 1 aromatic carbocycles. The van der Waals surface area contributed by atoms with Crippen molar-refractivity contribution >= 4 is 24.2 Å². The van der Waals surface area contributed by atoms with Crippen molar-refractivity contribution in [1.29, 1.82) is 0 Å². The number of aryl methyl sites for hydroxylation is 1. The Balaban J connectivity index is 1.45. The molecule has 1 unspecified atom stereocenters. The number of nitrogens with zero attached hydrogens (tertiary/aromatic N) is 2. The minimum atomic E-state index is -0.258. The number of Topliss-reactive ketones (excluding diaryl/α,β-unsaturated/α-hetero) is 2. The van der Waals surface area contributed by atoms with Gasteiger partial charge in [-0.1, -0.05) is 32.0 Å². The van der Waals surface area contributed by atoms with Crippen LogP contribution in [0.5, 0.6) is 0 Å². The van der Waals surface area contributed by atoms with E-state index >= 15 is 0 Å². The highest BCUT2D eigenvalue weighted by molar-refractivity contribution is 7.81. The minimum Gasteiger partial charge on any atom is -0.298 e. The van der Waals surface area contributed by atoms with E-state index in [1.165, 1.54) is 12.0 Å². The quantitative estimate of drug-likeness (QED) is 0.521. The number of likely N-dealkylation sites (tertiary alicyclic amines) is 2. The molecule has 2 bridgehead atoms. The molecule has 27 heavy (non-hydrogen) atoms. The molecule has 0 aromatic heterocycles. The molecule has 4 nitrogen and oxygen atoms in total. The number of hydrogen-bond acceptors (Lipinski definition) is 5. The van der Waals surface area contributed by atoms with Gasteiger partial charge in [-0.25, -0.2) is 0 Å². The molecule has 0 aliphatic carbocycles. The normalized spacial score (nSPS) is 23.9. The van der Waals surface area contributed by atoms with E-state index in [2.05, 4.69) is 28.5 Å². The largest absolute Gasteiger partial charge is 0.298 e. The molecule has 3 rings (SSSR count). The zero-order valence-corrected chi connectivity index (χ0v) is 17.6. The maximum absolute atomic E-state index is 12.1. The van der Waals surface area contributed by atoms with Gasteiger partial charge >= 0.3 is 0 Å². The van der Waals surface area contributed by atoms with E-state index in [1.807, 2.05) is 39.0 Å². The summed E-state index contributed by atoms with van der Waals surface area (Å²) in [5.41, 5.74) is 1.99. The summed E-state index contributed by atoms with van der Waals surface area (Å²) in [5.74, 6) is 0.584. The second-order valence-corrected chi connectivity index (χ2v) is 9.21. The Morgan fingerprint density at radius 1 is 1.15 bits per heavy atom. The number of hydrogen-bond donors (Lipinski definition) is 1. The summed E-state index contributed by atoms with van der Waals surface area (Å²) in [5, 5.41) is -0.258. The van der Waals surface area contributed by atoms with Gasteiger partial charge in [0.2, 0.25) is 0 Å². The summed E-state index contributed by atoms with van der Waals surface area (Å²) in [4.78, 5) is 29.1. The van der Waals surface area contributed by atoms with Crippen molar-refractivity contribution in [2.45, 2.75) is 57.4 Å². The van der Waals surface area contributed by atoms with Crippen molar-refractivity contribution in [3.05, 3.63) is 35.4 Å². The lowest BCUT2D eigenvalue weighted by Crippen LogP contribution is -2.48. The Morgan fingerprint density at radius 2 is 1.85 bits per heavy atom. The Bertz CT molecular complexity index is 689. The van der Waals surface area contributed by atoms with E-state index in [4.69, 9.17) is 0 Å². The second kappa shape index (κ2) is 8.89. The maximum Gasteiger partial charge on any atom is 0.175 e. The average molecular weight is 389 g/mol. The van der Waals surface area contributed by atoms with Gasteiger partial charge in [0.1, 0.15) is 5.78 Å². The van der Waals surface area contributed by atoms with E-state index < -0.39 is 0 Å². The Labute approximate surface area is 168 Å². The smallest absolute Gasteiger partial charge is 0.175 e. The number of rotatable bonds is 9. The van der Waals surface area contributed by atoms with E-state index in [0.717, 1.165) is 38.0 Å². The topological polar surface area (TPSA) is 40.6 Å². The van der Waals surface area contributed by atoms with Crippen LogP contribution in [0.3, 0.4) is 0 Å². The molecule has 0 radical (unpaired) electrons. The molecule has 1 aromatic rings. The molecule has 0 amide bonds. The first-order valence-electron chi connectivity index (χ1n) is 10.2. The number of thiol groups is 1. The third-order valence-corrected chi connectivity index (χ3v) is 6.21. The van der Waals surface area contributed by atoms with Gasteiger partial charge in [-0.15, -0.1) is 0 Å². The fourth-order valence-electron chi connectivity index (χ4n) is 4.29. The standard InChI is InChI=1S/C22H32N2O2S/c1-15(2)21(25)14-24-13-19-11-20(24)12-23(19)9-5-7-17-6-4-8-18(10-17)22(26)16(3)27/h4,6,8,10,15-16,19-20,27H,5,7,9,11-14H2,1-3H3/t16?,19-,20-/m0/s1. The molecule has 2 fully saturated rings. The van der Waals surface area contributed by atoms with E-state index in [9.17, 15) is 9.59 Å². The highest BCUT2D eigenvalue weighted by Gasteiger charge is 2.43. The first-order chi connectivity index (χ1) is 12.8. The van der Waals surface area contributed by atoms with Crippen LogP contribution >= 0.6 is 12.6 Å². The predicted molar refractivity (Wildman–Crippen MR) is 113 cm³/mol. The minimum absolute atomic E-state index is 0.0908. The molecule has 5 heteroatoms. The van der Waals surface area contributed by atoms with Gasteiger partial charge < -0.3 is 0 Å². The monoisotopic (exact) mass is 388 g/mol. The van der Waals surface area contributed by atoms with Gasteiger partial charge in [0.25, 0.3) is 0 Å². The lowest BCUT2D eigenvalue weighted by atomic mass is 10.0. The SMILES string of the molecule is CC(C)C(=O)CN1C[C@@H]2C[C@H]1CN2CCCc1cccc(C(=O)C(C)S)c1. The van der Waals surface area contributed by atoms with Crippen LogP contribution in [0.4, 0.5) is 0 Å². The fourth-order valence-corrected chi connectivity index (χ4v) is 4.44. The first-order valence-corrected chi connectivity index (χ1v) is 10.7. The van der Waals surface area contributed by atoms with Crippen LogP contribution in [-0.4, -0.2) is 64.9 Å². The van der Waals surface area contributed by atoms with E-state index in [0.29, 0.717) is 24.4 Å². The van der Waals surface area contributed by atoms with Crippen LogP contribution in [0.25, 0.3) is 0 Å². The highest BCUT2D eigenvalue weighted by Crippen LogP contribution is 2.30. The average Bonchev–Trinajstić information content (AvgIpc) is 3.21. The Kier molecular flexibility index (Phi) is 6.77. The van der Waals surface area contributed by atoms with Crippen molar-refractivity contribution in [3.8, 4) is 0 Å². The number of benzene rings is 1. The number of piperazine rings is 1. The zero-order chi connectivity index (χ0) is 19.6. The number of ketones is 2. The van der Waals surface area contributed by atoms with Gasteiger partial charge in [-0.2, -0.15) is 12.6 Å². The van der Waals surface area contributed by atoms with E-state index in [-0.39, 0.29) is 17.0 Å². The van der Waals surface area contributed by atoms with Crippen molar-refractivity contribution in [3.63, 3.8) is 0 Å². The van der Waals surface area contributed by atoms with Gasteiger partial charge in [0, 0.05) is 36.7 Å². The molecular weight excluding hydrogens is 356 g/mol. The number of carbonyl (C=O) groups excluding carboxylic acids is 2. The van der Waals surface area contributed by atoms with Gasteiger partial charge in [0.05, 0.1) is 11.8 Å². The van der Waals surface area contributed by atoms with Gasteiger partial charge in [0.15, 0.2) is 5.78 Å². The molecular formula is C22H32N2O2S. The number of fused-ring (bicyclic) bond motifs is 2. The van der Waals surface area contributed by atoms with Crippen molar-refractivity contribution in [1.82, 2.24) is 9.80 Å². The molecule has 0 saturated carbocycles. The van der Waals surface area contributed by atoms with Gasteiger partial charge in [-0.05, 0) is 44.4 Å². The van der Waals surface area contributed by atoms with Crippen LogP contribution in [0.1, 0.15) is 49.5 Å². The van der Waals surface area contributed by atoms with Crippen LogP contribution in [-0.2, 0) is 11.2 Å². The van der Waals surface area contributed by atoms with Crippen LogP contribution in [0.15, 0.2) is 24.3 Å². The molecule has 3 atom stereocenters. The van der Waals surface area contributed by atoms with Crippen molar-refractivity contribution in [2.24, 2.45) is 5.92 Å². The van der Waals surface area contributed by atoms with Crippen molar-refractivity contribution in [2.75, 3.05) is 26.2 Å². The summed E-state index contributed by atoms with van der Waals surface area (Å²) in [7, 11) is 0. The summed E-state index contributed by atoms with van der Waals surface area (Å²) >= 11 is 4.25. The lowest BCUT2D eigenvalue weighted by molar-refractivity contribution is -0.123. The molecule has 2 heterocycles. The summed E-state index contributed by atoms with van der Waals surface area (Å²) in [6.07, 6.45) is 3.29. The molecule has 0 N–H and O–H groups in total. The predicted octanol–water partition coefficient (Wildman–Crippen LogP) is 3.10. The summed E-state index contributed by atoms with van der Waals surface area (Å²) in [6.45, 7) is 9.63. The molecule has 0 spiro atoms. The lowest BCUT2D eigenvalue weighted by Gasteiger charge is -2.34. The third kappa shape index (κ3) is 5.01.